The lowest BCUT2D eigenvalue weighted by Gasteiger charge is -2.16. The fraction of sp³-hybridized carbons (Fsp3) is 0.875. The summed E-state index contributed by atoms with van der Waals surface area (Å²) in [7, 11) is 0. The van der Waals surface area contributed by atoms with Crippen LogP contribution in [0.25, 0.3) is 0 Å². The fourth-order valence-electron chi connectivity index (χ4n) is 1.42. The topological polar surface area (TPSA) is 46.3 Å². The van der Waals surface area contributed by atoms with Crippen LogP contribution in [0.5, 0.6) is 0 Å². The first kappa shape index (κ1) is 11.3. The van der Waals surface area contributed by atoms with Crippen LogP contribution in [0.15, 0.2) is 0 Å². The molecule has 0 bridgehead atoms. The Bertz CT molecular complexity index is 217. The maximum Gasteiger partial charge on any atom is 0.389 e. The van der Waals surface area contributed by atoms with Crippen LogP contribution >= 0.6 is 0 Å². The zero-order valence-electron chi connectivity index (χ0n) is 7.68. The van der Waals surface area contributed by atoms with Crippen molar-refractivity contribution in [2.45, 2.75) is 31.5 Å². The van der Waals surface area contributed by atoms with Gasteiger partial charge in [-0.15, -0.1) is 0 Å². The van der Waals surface area contributed by atoms with Crippen LogP contribution in [0.2, 0.25) is 0 Å². The molecule has 1 heterocycles. The maximum atomic E-state index is 11.8. The van der Waals surface area contributed by atoms with Gasteiger partial charge in [0.25, 0.3) is 0 Å². The van der Waals surface area contributed by atoms with Crippen molar-refractivity contribution >= 4 is 5.91 Å². The van der Waals surface area contributed by atoms with Crippen LogP contribution in [0.3, 0.4) is 0 Å². The lowest BCUT2D eigenvalue weighted by Crippen LogP contribution is -2.32. The summed E-state index contributed by atoms with van der Waals surface area (Å²) in [6, 6.07) is -0.0789. The average Bonchev–Trinajstić information content (AvgIpc) is 2.46. The van der Waals surface area contributed by atoms with E-state index in [1.165, 1.54) is 4.90 Å². The van der Waals surface area contributed by atoms with E-state index in [1.54, 1.807) is 0 Å². The molecule has 3 nitrogen and oxygen atoms in total. The van der Waals surface area contributed by atoms with E-state index in [-0.39, 0.29) is 6.04 Å². The third-order valence-corrected chi connectivity index (χ3v) is 2.20. The molecule has 0 saturated carbocycles. The number of nitrogens with zero attached hydrogens (tertiary/aromatic N) is 1. The van der Waals surface area contributed by atoms with E-state index < -0.39 is 24.9 Å². The largest absolute Gasteiger partial charge is 0.389 e. The fourth-order valence-corrected chi connectivity index (χ4v) is 1.42. The number of likely N-dealkylation sites (tertiary alicyclic amines) is 1. The zero-order valence-corrected chi connectivity index (χ0v) is 7.68. The second-order valence-electron chi connectivity index (χ2n) is 3.50. The molecule has 1 aliphatic heterocycles. The van der Waals surface area contributed by atoms with Crippen LogP contribution in [-0.2, 0) is 4.79 Å². The molecule has 1 amide bonds. The van der Waals surface area contributed by atoms with Crippen LogP contribution in [0.1, 0.15) is 19.3 Å². The van der Waals surface area contributed by atoms with E-state index in [0.717, 1.165) is 0 Å². The van der Waals surface area contributed by atoms with Gasteiger partial charge in [-0.25, -0.2) is 0 Å². The van der Waals surface area contributed by atoms with Crippen LogP contribution in [-0.4, -0.2) is 36.1 Å². The standard InChI is InChI=1S/C8H13F3N2O/c9-8(10,11)3-1-7(14)13-4-2-6(12)5-13/h6H,1-5,12H2/t6-/m0/s1. The van der Waals surface area contributed by atoms with Crippen molar-refractivity contribution < 1.29 is 18.0 Å². The molecule has 1 saturated heterocycles. The molecule has 0 aromatic rings. The first-order valence-corrected chi connectivity index (χ1v) is 4.48. The second kappa shape index (κ2) is 4.16. The first-order valence-electron chi connectivity index (χ1n) is 4.48. The second-order valence-corrected chi connectivity index (χ2v) is 3.50. The van der Waals surface area contributed by atoms with Crippen molar-refractivity contribution in [2.75, 3.05) is 13.1 Å². The minimum atomic E-state index is -4.25. The highest BCUT2D eigenvalue weighted by Gasteiger charge is 2.30. The number of amides is 1. The third kappa shape index (κ3) is 3.53. The molecule has 1 fully saturated rings. The van der Waals surface area contributed by atoms with E-state index in [2.05, 4.69) is 0 Å². The molecule has 2 N–H and O–H groups in total. The Hall–Kier alpha value is -0.780. The van der Waals surface area contributed by atoms with Gasteiger partial charge in [0.2, 0.25) is 5.91 Å². The first-order chi connectivity index (χ1) is 6.38. The highest BCUT2D eigenvalue weighted by atomic mass is 19.4. The van der Waals surface area contributed by atoms with E-state index >= 15 is 0 Å². The maximum absolute atomic E-state index is 11.8. The quantitative estimate of drug-likeness (QED) is 0.735. The number of rotatable bonds is 2. The molecular formula is C8H13F3N2O. The lowest BCUT2D eigenvalue weighted by molar-refractivity contribution is -0.148. The van der Waals surface area contributed by atoms with Gasteiger partial charge in [-0.05, 0) is 6.42 Å². The zero-order chi connectivity index (χ0) is 10.8. The summed E-state index contributed by atoms with van der Waals surface area (Å²) in [6.07, 6.45) is -5.08. The number of halogens is 3. The number of carbonyl (C=O) groups is 1. The summed E-state index contributed by atoms with van der Waals surface area (Å²) in [5.74, 6) is -0.449. The van der Waals surface area contributed by atoms with Crippen molar-refractivity contribution in [3.8, 4) is 0 Å². The normalized spacial score (nSPS) is 22.9. The molecule has 6 heteroatoms. The summed E-state index contributed by atoms with van der Waals surface area (Å²) in [5, 5.41) is 0. The van der Waals surface area contributed by atoms with Crippen molar-refractivity contribution in [2.24, 2.45) is 5.73 Å². The molecular weight excluding hydrogens is 197 g/mol. The molecule has 0 unspecified atom stereocenters. The number of hydrogen-bond acceptors (Lipinski definition) is 2. The van der Waals surface area contributed by atoms with Crippen molar-refractivity contribution in [1.82, 2.24) is 4.90 Å². The van der Waals surface area contributed by atoms with E-state index in [4.69, 9.17) is 5.73 Å². The monoisotopic (exact) mass is 210 g/mol. The van der Waals surface area contributed by atoms with Crippen LogP contribution in [0.4, 0.5) is 13.2 Å². The van der Waals surface area contributed by atoms with Gasteiger partial charge >= 0.3 is 6.18 Å². The van der Waals surface area contributed by atoms with Gasteiger partial charge in [0.05, 0.1) is 6.42 Å². The van der Waals surface area contributed by atoms with E-state index in [9.17, 15) is 18.0 Å². The van der Waals surface area contributed by atoms with Gasteiger partial charge in [0.15, 0.2) is 0 Å². The van der Waals surface area contributed by atoms with Crippen LogP contribution < -0.4 is 5.73 Å². The smallest absolute Gasteiger partial charge is 0.341 e. The Balaban J connectivity index is 2.29. The lowest BCUT2D eigenvalue weighted by atomic mass is 10.3. The number of alkyl halides is 3. The highest BCUT2D eigenvalue weighted by molar-refractivity contribution is 5.76. The number of nitrogens with two attached hydrogens (primary N) is 1. The summed E-state index contributed by atoms with van der Waals surface area (Å²) < 4.78 is 35.4. The molecule has 0 radical (unpaired) electrons. The summed E-state index contributed by atoms with van der Waals surface area (Å²) in [6.45, 7) is 0.870. The molecule has 1 aliphatic rings. The molecule has 0 spiro atoms. The molecule has 1 rings (SSSR count). The molecule has 1 atom stereocenters. The highest BCUT2D eigenvalue weighted by Crippen LogP contribution is 2.22. The summed E-state index contributed by atoms with van der Waals surface area (Å²) >= 11 is 0. The van der Waals surface area contributed by atoms with Gasteiger partial charge in [0, 0.05) is 25.6 Å². The molecule has 0 aliphatic carbocycles. The van der Waals surface area contributed by atoms with Gasteiger partial charge in [-0.1, -0.05) is 0 Å². The summed E-state index contributed by atoms with van der Waals surface area (Å²) in [5.41, 5.74) is 5.53. The van der Waals surface area contributed by atoms with Gasteiger partial charge in [-0.3, -0.25) is 4.79 Å². The Morgan fingerprint density at radius 1 is 1.50 bits per heavy atom. The van der Waals surface area contributed by atoms with Crippen LogP contribution in [0, 0.1) is 0 Å². The number of hydrogen-bond donors (Lipinski definition) is 1. The van der Waals surface area contributed by atoms with E-state index in [0.29, 0.717) is 19.5 Å². The molecule has 82 valence electrons. The van der Waals surface area contributed by atoms with Crippen molar-refractivity contribution in [1.29, 1.82) is 0 Å². The number of carbonyl (C=O) groups excluding carboxylic acids is 1. The molecule has 0 aromatic heterocycles. The minimum absolute atomic E-state index is 0.0789. The minimum Gasteiger partial charge on any atom is -0.341 e. The molecule has 14 heavy (non-hydrogen) atoms. The third-order valence-electron chi connectivity index (χ3n) is 2.20. The van der Waals surface area contributed by atoms with Gasteiger partial charge in [0.1, 0.15) is 0 Å². The van der Waals surface area contributed by atoms with E-state index in [1.807, 2.05) is 0 Å². The predicted octanol–water partition coefficient (Wildman–Crippen LogP) is 0.888. The summed E-state index contributed by atoms with van der Waals surface area (Å²) in [4.78, 5) is 12.6. The molecule has 0 aromatic carbocycles. The predicted molar refractivity (Wildman–Crippen MR) is 44.5 cm³/mol. The average molecular weight is 210 g/mol. The Morgan fingerprint density at radius 3 is 2.57 bits per heavy atom. The Labute approximate surface area is 80.0 Å². The Kier molecular flexibility index (Phi) is 3.36. The SMILES string of the molecule is N[C@H]1CCN(C(=O)CCC(F)(F)F)C1. The van der Waals surface area contributed by atoms with Gasteiger partial charge < -0.3 is 10.6 Å². The van der Waals surface area contributed by atoms with Crippen molar-refractivity contribution in [3.05, 3.63) is 0 Å². The van der Waals surface area contributed by atoms with Gasteiger partial charge in [-0.2, -0.15) is 13.2 Å². The Morgan fingerprint density at radius 2 is 2.14 bits per heavy atom. The van der Waals surface area contributed by atoms with Crippen molar-refractivity contribution in [3.63, 3.8) is 0 Å².